The van der Waals surface area contributed by atoms with Crippen molar-refractivity contribution in [1.29, 1.82) is 0 Å². The molecule has 0 atom stereocenters. The highest BCUT2D eigenvalue weighted by molar-refractivity contribution is 5.95. The van der Waals surface area contributed by atoms with E-state index in [0.717, 1.165) is 6.07 Å². The highest BCUT2D eigenvalue weighted by Crippen LogP contribution is 2.22. The van der Waals surface area contributed by atoms with E-state index in [9.17, 15) is 9.59 Å². The molecular formula is C15H11N3O3. The maximum Gasteiger partial charge on any atom is 0.352 e. The second-order valence-corrected chi connectivity index (χ2v) is 4.42. The van der Waals surface area contributed by atoms with Crippen LogP contribution in [0.1, 0.15) is 10.5 Å². The van der Waals surface area contributed by atoms with Gasteiger partial charge in [-0.15, -0.1) is 0 Å². The van der Waals surface area contributed by atoms with Crippen LogP contribution in [-0.2, 0) is 0 Å². The summed E-state index contributed by atoms with van der Waals surface area (Å²) in [5, 5.41) is 12.5. The van der Waals surface area contributed by atoms with Crippen LogP contribution in [0.4, 0.5) is 11.5 Å². The number of aromatic amines is 1. The molecule has 0 saturated carbocycles. The summed E-state index contributed by atoms with van der Waals surface area (Å²) in [5.41, 5.74) is 0.535. The maximum atomic E-state index is 12.0. The number of nitrogens with zero attached hydrogens (tertiary/aromatic N) is 1. The lowest BCUT2D eigenvalue weighted by atomic mass is 10.1. The van der Waals surface area contributed by atoms with Crippen LogP contribution in [0, 0.1) is 0 Å². The molecule has 2 heterocycles. The molecule has 0 unspecified atom stereocenters. The number of benzene rings is 1. The van der Waals surface area contributed by atoms with Gasteiger partial charge in [0.1, 0.15) is 11.5 Å². The summed E-state index contributed by atoms with van der Waals surface area (Å²) in [5.74, 6) is -0.576. The van der Waals surface area contributed by atoms with Gasteiger partial charge in [0, 0.05) is 17.6 Å². The SMILES string of the molecule is O=C(O)c1cc(=O)c2cccc(Nc3ccccn3)c2[nH]1. The smallest absolute Gasteiger partial charge is 0.352 e. The molecule has 0 saturated heterocycles. The van der Waals surface area contributed by atoms with Crippen LogP contribution in [0.25, 0.3) is 10.9 Å². The number of hydrogen-bond acceptors (Lipinski definition) is 4. The molecule has 3 aromatic rings. The molecule has 6 nitrogen and oxygen atoms in total. The Kier molecular flexibility index (Phi) is 3.12. The third-order valence-corrected chi connectivity index (χ3v) is 3.02. The van der Waals surface area contributed by atoms with Gasteiger partial charge in [-0.3, -0.25) is 4.79 Å². The number of H-pyrrole nitrogens is 1. The Morgan fingerprint density at radius 1 is 1.19 bits per heavy atom. The van der Waals surface area contributed by atoms with E-state index in [1.807, 2.05) is 6.07 Å². The number of anilines is 2. The Hall–Kier alpha value is -3.15. The summed E-state index contributed by atoms with van der Waals surface area (Å²) >= 11 is 0. The van der Waals surface area contributed by atoms with E-state index in [0.29, 0.717) is 22.4 Å². The normalized spacial score (nSPS) is 10.5. The molecule has 0 radical (unpaired) electrons. The number of aromatic nitrogens is 2. The van der Waals surface area contributed by atoms with Crippen LogP contribution in [0.3, 0.4) is 0 Å². The second kappa shape index (κ2) is 5.09. The first-order valence-corrected chi connectivity index (χ1v) is 6.22. The minimum absolute atomic E-state index is 0.150. The lowest BCUT2D eigenvalue weighted by molar-refractivity contribution is 0.0691. The highest BCUT2D eigenvalue weighted by Gasteiger charge is 2.10. The average Bonchev–Trinajstić information content (AvgIpc) is 2.49. The number of hydrogen-bond donors (Lipinski definition) is 3. The van der Waals surface area contributed by atoms with Crippen molar-refractivity contribution >= 4 is 28.4 Å². The zero-order valence-corrected chi connectivity index (χ0v) is 10.8. The van der Waals surface area contributed by atoms with Gasteiger partial charge in [0.15, 0.2) is 5.43 Å². The van der Waals surface area contributed by atoms with E-state index in [-0.39, 0.29) is 11.1 Å². The number of fused-ring (bicyclic) bond motifs is 1. The zero-order valence-electron chi connectivity index (χ0n) is 10.8. The molecule has 104 valence electrons. The van der Waals surface area contributed by atoms with Crippen LogP contribution in [0.5, 0.6) is 0 Å². The number of carbonyl (C=O) groups is 1. The van der Waals surface area contributed by atoms with Gasteiger partial charge in [-0.2, -0.15) is 0 Å². The number of carboxylic acid groups (broad SMARTS) is 1. The van der Waals surface area contributed by atoms with Gasteiger partial charge in [-0.05, 0) is 24.3 Å². The van der Waals surface area contributed by atoms with Crippen LogP contribution >= 0.6 is 0 Å². The zero-order chi connectivity index (χ0) is 14.8. The highest BCUT2D eigenvalue weighted by atomic mass is 16.4. The lowest BCUT2D eigenvalue weighted by Crippen LogP contribution is -2.10. The van der Waals surface area contributed by atoms with Crippen LogP contribution in [0.2, 0.25) is 0 Å². The van der Waals surface area contributed by atoms with Crippen molar-refractivity contribution in [2.45, 2.75) is 0 Å². The van der Waals surface area contributed by atoms with Crippen molar-refractivity contribution in [3.05, 3.63) is 64.6 Å². The molecule has 1 aromatic carbocycles. The summed E-state index contributed by atoms with van der Waals surface area (Å²) < 4.78 is 0. The maximum absolute atomic E-state index is 12.0. The first kappa shape index (κ1) is 12.9. The van der Waals surface area contributed by atoms with Crippen molar-refractivity contribution in [3.8, 4) is 0 Å². The van der Waals surface area contributed by atoms with E-state index < -0.39 is 5.97 Å². The van der Waals surface area contributed by atoms with E-state index >= 15 is 0 Å². The van der Waals surface area contributed by atoms with Crippen molar-refractivity contribution in [1.82, 2.24) is 9.97 Å². The van der Waals surface area contributed by atoms with Crippen LogP contribution in [0.15, 0.2) is 53.5 Å². The predicted octanol–water partition coefficient (Wildman–Crippen LogP) is 2.36. The fourth-order valence-electron chi connectivity index (χ4n) is 2.07. The lowest BCUT2D eigenvalue weighted by Gasteiger charge is -2.09. The number of para-hydroxylation sites is 1. The van der Waals surface area contributed by atoms with Gasteiger partial charge < -0.3 is 15.4 Å². The standard InChI is InChI=1S/C15H11N3O3/c19-12-8-11(15(20)21)18-14-9(12)4-3-5-10(14)17-13-6-1-2-7-16-13/h1-8H,(H,16,17)(H,18,19)(H,20,21). The van der Waals surface area contributed by atoms with Gasteiger partial charge in [0.05, 0.1) is 11.2 Å². The van der Waals surface area contributed by atoms with Gasteiger partial charge in [-0.25, -0.2) is 9.78 Å². The number of aromatic carboxylic acids is 1. The summed E-state index contributed by atoms with van der Waals surface area (Å²) in [6.07, 6.45) is 1.64. The summed E-state index contributed by atoms with van der Waals surface area (Å²) in [4.78, 5) is 30.0. The molecule has 0 amide bonds. The molecular weight excluding hydrogens is 270 g/mol. The molecule has 0 bridgehead atoms. The molecule has 2 aromatic heterocycles. The molecule has 0 aliphatic heterocycles. The van der Waals surface area contributed by atoms with E-state index in [4.69, 9.17) is 5.11 Å². The Bertz CT molecular complexity index is 872. The van der Waals surface area contributed by atoms with Crippen molar-refractivity contribution in [2.24, 2.45) is 0 Å². The first-order valence-electron chi connectivity index (χ1n) is 6.22. The topological polar surface area (TPSA) is 95.1 Å². The monoisotopic (exact) mass is 281 g/mol. The largest absolute Gasteiger partial charge is 0.477 e. The molecule has 21 heavy (non-hydrogen) atoms. The van der Waals surface area contributed by atoms with Gasteiger partial charge in [0.25, 0.3) is 0 Å². The molecule has 3 rings (SSSR count). The third kappa shape index (κ3) is 2.46. The van der Waals surface area contributed by atoms with Crippen molar-refractivity contribution in [2.75, 3.05) is 5.32 Å². The molecule has 0 aliphatic carbocycles. The third-order valence-electron chi connectivity index (χ3n) is 3.02. The van der Waals surface area contributed by atoms with Gasteiger partial charge in [0.2, 0.25) is 0 Å². The van der Waals surface area contributed by atoms with Crippen molar-refractivity contribution in [3.63, 3.8) is 0 Å². The fraction of sp³-hybridized carbons (Fsp3) is 0. The number of nitrogens with one attached hydrogen (secondary N) is 2. The number of carboxylic acids is 1. The summed E-state index contributed by atoms with van der Waals surface area (Å²) in [6.45, 7) is 0. The van der Waals surface area contributed by atoms with Gasteiger partial charge in [-0.1, -0.05) is 12.1 Å². The van der Waals surface area contributed by atoms with Crippen molar-refractivity contribution < 1.29 is 9.90 Å². The quantitative estimate of drug-likeness (QED) is 0.685. The minimum Gasteiger partial charge on any atom is -0.477 e. The van der Waals surface area contributed by atoms with Crippen LogP contribution in [-0.4, -0.2) is 21.0 Å². The minimum atomic E-state index is -1.18. The molecule has 0 spiro atoms. The van der Waals surface area contributed by atoms with E-state index in [1.165, 1.54) is 0 Å². The number of rotatable bonds is 3. The van der Waals surface area contributed by atoms with Crippen LogP contribution < -0.4 is 10.7 Å². The molecule has 0 fully saturated rings. The fourth-order valence-corrected chi connectivity index (χ4v) is 2.07. The molecule has 0 aliphatic rings. The Morgan fingerprint density at radius 3 is 2.76 bits per heavy atom. The number of pyridine rings is 2. The Morgan fingerprint density at radius 2 is 2.05 bits per heavy atom. The first-order chi connectivity index (χ1) is 10.1. The van der Waals surface area contributed by atoms with Gasteiger partial charge >= 0.3 is 5.97 Å². The summed E-state index contributed by atoms with van der Waals surface area (Å²) in [7, 11) is 0. The predicted molar refractivity (Wildman–Crippen MR) is 79.0 cm³/mol. The summed E-state index contributed by atoms with van der Waals surface area (Å²) in [6, 6.07) is 11.6. The molecule has 6 heteroatoms. The second-order valence-electron chi connectivity index (χ2n) is 4.42. The Labute approximate surface area is 119 Å². The average molecular weight is 281 g/mol. The van der Waals surface area contributed by atoms with E-state index in [2.05, 4.69) is 15.3 Å². The Balaban J connectivity index is 2.19. The van der Waals surface area contributed by atoms with E-state index in [1.54, 1.807) is 36.5 Å². The molecule has 3 N–H and O–H groups in total.